The monoisotopic (exact) mass is 244 g/mol. The van der Waals surface area contributed by atoms with E-state index in [-0.39, 0.29) is 5.91 Å². The second-order valence-corrected chi connectivity index (χ2v) is 4.16. The number of benzene rings is 1. The summed E-state index contributed by atoms with van der Waals surface area (Å²) in [4.78, 5) is 11.7. The fraction of sp³-hybridized carbons (Fsp3) is 0.308. The fourth-order valence-electron chi connectivity index (χ4n) is 1.66. The highest BCUT2D eigenvalue weighted by Gasteiger charge is 2.08. The number of para-hydroxylation sites is 1. The van der Waals surface area contributed by atoms with Gasteiger partial charge in [-0.2, -0.15) is 0 Å². The standard InChI is InChI=1S/C13H16N4O/c1-10-12(15-16-17(10)2)8-9-13(18)14-11-6-4-3-5-7-11/h3-7H,8-9H2,1-2H3,(H,14,18). The maximum atomic E-state index is 11.7. The van der Waals surface area contributed by atoms with Crippen molar-refractivity contribution in [2.45, 2.75) is 19.8 Å². The van der Waals surface area contributed by atoms with Crippen LogP contribution >= 0.6 is 0 Å². The first-order chi connectivity index (χ1) is 8.66. The second kappa shape index (κ2) is 5.44. The van der Waals surface area contributed by atoms with Crippen molar-refractivity contribution in [3.05, 3.63) is 41.7 Å². The van der Waals surface area contributed by atoms with Gasteiger partial charge in [0.2, 0.25) is 5.91 Å². The zero-order chi connectivity index (χ0) is 13.0. The molecule has 0 fully saturated rings. The molecule has 18 heavy (non-hydrogen) atoms. The lowest BCUT2D eigenvalue weighted by Gasteiger charge is -2.04. The van der Waals surface area contributed by atoms with Gasteiger partial charge in [0, 0.05) is 25.6 Å². The minimum absolute atomic E-state index is 0.00810. The fourth-order valence-corrected chi connectivity index (χ4v) is 1.66. The van der Waals surface area contributed by atoms with Crippen molar-refractivity contribution in [3.63, 3.8) is 0 Å². The summed E-state index contributed by atoms with van der Waals surface area (Å²) >= 11 is 0. The predicted octanol–water partition coefficient (Wildman–Crippen LogP) is 1.69. The van der Waals surface area contributed by atoms with Gasteiger partial charge >= 0.3 is 0 Å². The lowest BCUT2D eigenvalue weighted by molar-refractivity contribution is -0.116. The van der Waals surface area contributed by atoms with Crippen molar-refractivity contribution in [3.8, 4) is 0 Å². The van der Waals surface area contributed by atoms with Crippen molar-refractivity contribution < 1.29 is 4.79 Å². The number of hydrogen-bond donors (Lipinski definition) is 1. The van der Waals surface area contributed by atoms with Gasteiger partial charge in [0.25, 0.3) is 0 Å². The summed E-state index contributed by atoms with van der Waals surface area (Å²) in [5.41, 5.74) is 2.70. The van der Waals surface area contributed by atoms with E-state index < -0.39 is 0 Å². The molecule has 5 heteroatoms. The number of carbonyl (C=O) groups excluding carboxylic acids is 1. The van der Waals surface area contributed by atoms with Crippen LogP contribution in [0.3, 0.4) is 0 Å². The lowest BCUT2D eigenvalue weighted by Crippen LogP contribution is -2.12. The average molecular weight is 244 g/mol. The first-order valence-electron chi connectivity index (χ1n) is 5.87. The van der Waals surface area contributed by atoms with Crippen molar-refractivity contribution in [2.75, 3.05) is 5.32 Å². The van der Waals surface area contributed by atoms with Gasteiger partial charge in [0.1, 0.15) is 0 Å². The molecular formula is C13H16N4O. The van der Waals surface area contributed by atoms with Crippen molar-refractivity contribution in [2.24, 2.45) is 7.05 Å². The molecule has 0 saturated carbocycles. The molecule has 5 nitrogen and oxygen atoms in total. The van der Waals surface area contributed by atoms with E-state index in [1.807, 2.05) is 44.3 Å². The Kier molecular flexibility index (Phi) is 3.72. The van der Waals surface area contributed by atoms with E-state index in [0.717, 1.165) is 17.1 Å². The molecule has 1 aromatic heterocycles. The zero-order valence-corrected chi connectivity index (χ0v) is 10.6. The Balaban J connectivity index is 1.87. The summed E-state index contributed by atoms with van der Waals surface area (Å²) in [5, 5.41) is 10.8. The van der Waals surface area contributed by atoms with Gasteiger partial charge in [-0.05, 0) is 19.1 Å². The molecule has 2 rings (SSSR count). The molecule has 1 N–H and O–H groups in total. The molecule has 2 aromatic rings. The SMILES string of the molecule is Cc1c(CCC(=O)Nc2ccccc2)nnn1C. The van der Waals surface area contributed by atoms with E-state index in [4.69, 9.17) is 0 Å². The van der Waals surface area contributed by atoms with Crippen LogP contribution in [-0.2, 0) is 18.3 Å². The van der Waals surface area contributed by atoms with Gasteiger partial charge in [-0.15, -0.1) is 5.10 Å². The van der Waals surface area contributed by atoms with Crippen LogP contribution in [0.1, 0.15) is 17.8 Å². The number of aryl methyl sites for hydroxylation is 2. The van der Waals surface area contributed by atoms with Gasteiger partial charge in [-0.25, -0.2) is 0 Å². The minimum atomic E-state index is -0.00810. The van der Waals surface area contributed by atoms with Crippen LogP contribution in [0.5, 0.6) is 0 Å². The van der Waals surface area contributed by atoms with E-state index in [1.165, 1.54) is 0 Å². The number of rotatable bonds is 4. The Bertz CT molecular complexity index is 533. The third kappa shape index (κ3) is 2.94. The molecule has 1 heterocycles. The van der Waals surface area contributed by atoms with Gasteiger partial charge in [-0.1, -0.05) is 23.4 Å². The lowest BCUT2D eigenvalue weighted by atomic mass is 10.2. The number of hydrogen-bond acceptors (Lipinski definition) is 3. The number of anilines is 1. The highest BCUT2D eigenvalue weighted by atomic mass is 16.1. The molecule has 0 aliphatic carbocycles. The molecule has 0 spiro atoms. The highest BCUT2D eigenvalue weighted by Crippen LogP contribution is 2.08. The highest BCUT2D eigenvalue weighted by molar-refractivity contribution is 5.90. The first kappa shape index (κ1) is 12.3. The summed E-state index contributed by atoms with van der Waals surface area (Å²) in [7, 11) is 1.84. The Morgan fingerprint density at radius 3 is 2.67 bits per heavy atom. The van der Waals surface area contributed by atoms with Crippen molar-refractivity contribution in [1.29, 1.82) is 0 Å². The number of amides is 1. The Morgan fingerprint density at radius 2 is 2.06 bits per heavy atom. The molecule has 0 bridgehead atoms. The topological polar surface area (TPSA) is 59.8 Å². The van der Waals surface area contributed by atoms with Gasteiger partial charge in [0.05, 0.1) is 11.4 Å². The summed E-state index contributed by atoms with van der Waals surface area (Å²) in [6, 6.07) is 9.43. The largest absolute Gasteiger partial charge is 0.326 e. The molecular weight excluding hydrogens is 228 g/mol. The van der Waals surface area contributed by atoms with Crippen LogP contribution in [0, 0.1) is 6.92 Å². The molecule has 0 aliphatic heterocycles. The van der Waals surface area contributed by atoms with Crippen LogP contribution in [0.4, 0.5) is 5.69 Å². The summed E-state index contributed by atoms with van der Waals surface area (Å²) in [6.07, 6.45) is 1.02. The normalized spacial score (nSPS) is 10.3. The van der Waals surface area contributed by atoms with E-state index >= 15 is 0 Å². The maximum absolute atomic E-state index is 11.7. The number of nitrogens with one attached hydrogen (secondary N) is 1. The van der Waals surface area contributed by atoms with Gasteiger partial charge in [-0.3, -0.25) is 9.48 Å². The summed E-state index contributed by atoms with van der Waals surface area (Å²) in [6.45, 7) is 1.95. The average Bonchev–Trinajstić information content (AvgIpc) is 2.69. The zero-order valence-electron chi connectivity index (χ0n) is 10.6. The molecule has 1 amide bonds. The minimum Gasteiger partial charge on any atom is -0.326 e. The van der Waals surface area contributed by atoms with Crippen LogP contribution < -0.4 is 5.32 Å². The molecule has 0 atom stereocenters. The van der Waals surface area contributed by atoms with Gasteiger partial charge in [0.15, 0.2) is 0 Å². The number of aromatic nitrogens is 3. The predicted molar refractivity (Wildman–Crippen MR) is 69.1 cm³/mol. The van der Waals surface area contributed by atoms with Crippen molar-refractivity contribution in [1.82, 2.24) is 15.0 Å². The van der Waals surface area contributed by atoms with E-state index in [1.54, 1.807) is 4.68 Å². The maximum Gasteiger partial charge on any atom is 0.224 e. The molecule has 94 valence electrons. The molecule has 0 aliphatic rings. The van der Waals surface area contributed by atoms with E-state index in [9.17, 15) is 4.79 Å². The first-order valence-corrected chi connectivity index (χ1v) is 5.87. The van der Waals surface area contributed by atoms with Gasteiger partial charge < -0.3 is 5.32 Å². The summed E-state index contributed by atoms with van der Waals surface area (Å²) in [5.74, 6) is -0.00810. The van der Waals surface area contributed by atoms with E-state index in [2.05, 4.69) is 15.6 Å². The van der Waals surface area contributed by atoms with Crippen LogP contribution in [0.2, 0.25) is 0 Å². The Labute approximate surface area is 106 Å². The van der Waals surface area contributed by atoms with Crippen LogP contribution in [-0.4, -0.2) is 20.9 Å². The Morgan fingerprint density at radius 1 is 1.33 bits per heavy atom. The third-order valence-corrected chi connectivity index (χ3v) is 2.85. The third-order valence-electron chi connectivity index (χ3n) is 2.85. The van der Waals surface area contributed by atoms with Crippen LogP contribution in [0.15, 0.2) is 30.3 Å². The summed E-state index contributed by atoms with van der Waals surface area (Å²) < 4.78 is 1.71. The smallest absolute Gasteiger partial charge is 0.224 e. The second-order valence-electron chi connectivity index (χ2n) is 4.16. The quantitative estimate of drug-likeness (QED) is 0.890. The van der Waals surface area contributed by atoms with E-state index in [0.29, 0.717) is 12.8 Å². The van der Waals surface area contributed by atoms with Crippen molar-refractivity contribution >= 4 is 11.6 Å². The Hall–Kier alpha value is -2.17. The number of nitrogens with zero attached hydrogens (tertiary/aromatic N) is 3. The molecule has 1 aromatic carbocycles. The molecule has 0 radical (unpaired) electrons. The van der Waals surface area contributed by atoms with Crippen LogP contribution in [0.25, 0.3) is 0 Å². The molecule has 0 unspecified atom stereocenters. The molecule has 0 saturated heterocycles. The number of carbonyl (C=O) groups is 1.